The molecule has 0 aliphatic heterocycles. The van der Waals surface area contributed by atoms with Crippen molar-refractivity contribution in [3.05, 3.63) is 0 Å². The maximum Gasteiger partial charge on any atom is 0.508 e. The molecule has 0 aromatic heterocycles. The molecule has 0 atom stereocenters. The van der Waals surface area contributed by atoms with Crippen LogP contribution in [0, 0.1) is 0 Å². The Kier molecular flexibility index (Phi) is 5.56. The van der Waals surface area contributed by atoms with Gasteiger partial charge in [0.2, 0.25) is 0 Å². The first-order valence-corrected chi connectivity index (χ1v) is 3.49. The van der Waals surface area contributed by atoms with Gasteiger partial charge < -0.3 is 14.2 Å². The molecule has 0 heterocycles. The number of rotatable bonds is 4. The van der Waals surface area contributed by atoms with Gasteiger partial charge in [-0.15, -0.1) is 0 Å². The van der Waals surface area contributed by atoms with Crippen LogP contribution in [-0.4, -0.2) is 32.6 Å². The Balaban J connectivity index is 3.23. The van der Waals surface area contributed by atoms with Gasteiger partial charge in [0.15, 0.2) is 0 Å². The molecule has 11 heavy (non-hydrogen) atoms. The first-order chi connectivity index (χ1) is 5.16. The summed E-state index contributed by atoms with van der Waals surface area (Å²) in [5, 5.41) is 0. The van der Waals surface area contributed by atoms with E-state index < -0.39 is 6.16 Å². The van der Waals surface area contributed by atoms with E-state index >= 15 is 0 Å². The summed E-state index contributed by atoms with van der Waals surface area (Å²) in [6.45, 7) is 4.16. The SMILES string of the molecule is COCCOC(=O)OC(C)C. The minimum atomic E-state index is -0.642. The van der Waals surface area contributed by atoms with Gasteiger partial charge in [0, 0.05) is 7.11 Å². The zero-order valence-corrected chi connectivity index (χ0v) is 7.12. The van der Waals surface area contributed by atoms with Crippen LogP contribution < -0.4 is 0 Å². The van der Waals surface area contributed by atoms with Crippen LogP contribution >= 0.6 is 0 Å². The Morgan fingerprint density at radius 1 is 1.36 bits per heavy atom. The fourth-order valence-electron chi connectivity index (χ4n) is 0.435. The third-order valence-electron chi connectivity index (χ3n) is 0.839. The Bertz CT molecular complexity index is 111. The van der Waals surface area contributed by atoms with Gasteiger partial charge in [-0.05, 0) is 13.8 Å². The summed E-state index contributed by atoms with van der Waals surface area (Å²) >= 11 is 0. The van der Waals surface area contributed by atoms with Crippen LogP contribution in [0.2, 0.25) is 0 Å². The molecule has 0 aliphatic rings. The van der Waals surface area contributed by atoms with Crippen molar-refractivity contribution in [2.45, 2.75) is 20.0 Å². The van der Waals surface area contributed by atoms with Gasteiger partial charge in [0.1, 0.15) is 6.61 Å². The molecule has 0 aromatic rings. The molecule has 0 saturated carbocycles. The van der Waals surface area contributed by atoms with Crippen LogP contribution in [0.1, 0.15) is 13.8 Å². The standard InChI is InChI=1S/C7H14O4/c1-6(2)11-7(8)10-5-4-9-3/h6H,4-5H2,1-3H3. The Morgan fingerprint density at radius 3 is 2.45 bits per heavy atom. The van der Waals surface area contributed by atoms with E-state index in [1.165, 1.54) is 7.11 Å². The largest absolute Gasteiger partial charge is 0.508 e. The molecule has 0 unspecified atom stereocenters. The molecule has 0 rings (SSSR count). The summed E-state index contributed by atoms with van der Waals surface area (Å²) in [4.78, 5) is 10.6. The van der Waals surface area contributed by atoms with Crippen molar-refractivity contribution in [3.63, 3.8) is 0 Å². The lowest BCUT2D eigenvalue weighted by atomic mass is 10.5. The van der Waals surface area contributed by atoms with E-state index in [1.807, 2.05) is 0 Å². The summed E-state index contributed by atoms with van der Waals surface area (Å²) in [7, 11) is 1.54. The van der Waals surface area contributed by atoms with Crippen LogP contribution in [0.4, 0.5) is 4.79 Å². The van der Waals surface area contributed by atoms with Crippen molar-refractivity contribution in [2.24, 2.45) is 0 Å². The molecule has 66 valence electrons. The minimum absolute atomic E-state index is 0.134. The number of hydrogen-bond donors (Lipinski definition) is 0. The van der Waals surface area contributed by atoms with Crippen LogP contribution in [0.15, 0.2) is 0 Å². The summed E-state index contributed by atoms with van der Waals surface area (Å²) in [5.41, 5.74) is 0. The second kappa shape index (κ2) is 5.97. The quantitative estimate of drug-likeness (QED) is 0.460. The smallest absolute Gasteiger partial charge is 0.432 e. The van der Waals surface area contributed by atoms with Crippen LogP contribution in [-0.2, 0) is 14.2 Å². The molecule has 0 fully saturated rings. The van der Waals surface area contributed by atoms with Crippen LogP contribution in [0.3, 0.4) is 0 Å². The summed E-state index contributed by atoms with van der Waals surface area (Å²) < 4.78 is 14.0. The monoisotopic (exact) mass is 162 g/mol. The lowest BCUT2D eigenvalue weighted by Crippen LogP contribution is -2.15. The molecule has 0 aromatic carbocycles. The molecule has 0 bridgehead atoms. The predicted molar refractivity (Wildman–Crippen MR) is 39.4 cm³/mol. The van der Waals surface area contributed by atoms with Gasteiger partial charge in [-0.3, -0.25) is 0 Å². The predicted octanol–water partition coefficient (Wildman–Crippen LogP) is 1.19. The normalized spacial score (nSPS) is 9.82. The van der Waals surface area contributed by atoms with Crippen molar-refractivity contribution < 1.29 is 19.0 Å². The van der Waals surface area contributed by atoms with Gasteiger partial charge in [-0.25, -0.2) is 4.79 Å². The van der Waals surface area contributed by atoms with Gasteiger partial charge in [-0.2, -0.15) is 0 Å². The first-order valence-electron chi connectivity index (χ1n) is 3.49. The van der Waals surface area contributed by atoms with E-state index in [2.05, 4.69) is 14.2 Å². The van der Waals surface area contributed by atoms with E-state index in [1.54, 1.807) is 13.8 Å². The third-order valence-corrected chi connectivity index (χ3v) is 0.839. The fraction of sp³-hybridized carbons (Fsp3) is 0.857. The molecular formula is C7H14O4. The van der Waals surface area contributed by atoms with E-state index in [9.17, 15) is 4.79 Å². The summed E-state index contributed by atoms with van der Waals surface area (Å²) in [6, 6.07) is 0. The molecule has 0 aliphatic carbocycles. The van der Waals surface area contributed by atoms with Crippen LogP contribution in [0.5, 0.6) is 0 Å². The molecule has 0 spiro atoms. The van der Waals surface area contributed by atoms with E-state index in [4.69, 9.17) is 0 Å². The lowest BCUT2D eigenvalue weighted by Gasteiger charge is -2.07. The van der Waals surface area contributed by atoms with Gasteiger partial charge in [-0.1, -0.05) is 0 Å². The number of methoxy groups -OCH3 is 1. The number of hydrogen-bond acceptors (Lipinski definition) is 4. The molecule has 0 amide bonds. The maximum absolute atomic E-state index is 10.6. The lowest BCUT2D eigenvalue weighted by molar-refractivity contribution is 0.0202. The maximum atomic E-state index is 10.6. The highest BCUT2D eigenvalue weighted by molar-refractivity contribution is 5.59. The minimum Gasteiger partial charge on any atom is -0.432 e. The highest BCUT2D eigenvalue weighted by Gasteiger charge is 2.04. The molecule has 4 heteroatoms. The summed E-state index contributed by atoms with van der Waals surface area (Å²) in [6.07, 6.45) is -0.776. The molecule has 4 nitrogen and oxygen atoms in total. The Labute approximate surface area is 66.4 Å². The van der Waals surface area contributed by atoms with E-state index in [0.717, 1.165) is 0 Å². The zero-order chi connectivity index (χ0) is 8.69. The average molecular weight is 162 g/mol. The fourth-order valence-corrected chi connectivity index (χ4v) is 0.435. The molecular weight excluding hydrogens is 148 g/mol. The van der Waals surface area contributed by atoms with Crippen molar-refractivity contribution in [1.82, 2.24) is 0 Å². The Hall–Kier alpha value is -0.770. The number of carbonyl (C=O) groups is 1. The van der Waals surface area contributed by atoms with Crippen molar-refractivity contribution in [3.8, 4) is 0 Å². The second-order valence-corrected chi connectivity index (χ2v) is 2.26. The van der Waals surface area contributed by atoms with Gasteiger partial charge in [0.05, 0.1) is 12.7 Å². The van der Waals surface area contributed by atoms with E-state index in [-0.39, 0.29) is 12.7 Å². The second-order valence-electron chi connectivity index (χ2n) is 2.26. The van der Waals surface area contributed by atoms with Crippen molar-refractivity contribution in [1.29, 1.82) is 0 Å². The molecule has 0 radical (unpaired) electrons. The van der Waals surface area contributed by atoms with Crippen LogP contribution in [0.25, 0.3) is 0 Å². The third kappa shape index (κ3) is 7.12. The Morgan fingerprint density at radius 2 is 2.00 bits per heavy atom. The number of ether oxygens (including phenoxy) is 3. The highest BCUT2D eigenvalue weighted by atomic mass is 16.7. The highest BCUT2D eigenvalue weighted by Crippen LogP contribution is 1.91. The first kappa shape index (κ1) is 10.2. The topological polar surface area (TPSA) is 44.8 Å². The summed E-state index contributed by atoms with van der Waals surface area (Å²) in [5.74, 6) is 0. The molecule has 0 N–H and O–H groups in total. The van der Waals surface area contributed by atoms with Crippen molar-refractivity contribution in [2.75, 3.05) is 20.3 Å². The average Bonchev–Trinajstić information content (AvgIpc) is 1.86. The number of carbonyl (C=O) groups excluding carboxylic acids is 1. The molecule has 0 saturated heterocycles. The van der Waals surface area contributed by atoms with Crippen molar-refractivity contribution >= 4 is 6.16 Å². The van der Waals surface area contributed by atoms with Gasteiger partial charge >= 0.3 is 6.16 Å². The van der Waals surface area contributed by atoms with Gasteiger partial charge in [0.25, 0.3) is 0 Å². The zero-order valence-electron chi connectivity index (χ0n) is 7.12. The van der Waals surface area contributed by atoms with E-state index in [0.29, 0.717) is 6.61 Å².